The van der Waals surface area contributed by atoms with Crippen LogP contribution in [0.15, 0.2) is 53.0 Å². The van der Waals surface area contributed by atoms with Crippen LogP contribution in [0, 0.1) is 6.92 Å². The van der Waals surface area contributed by atoms with E-state index in [2.05, 4.69) is 51.2 Å². The molecule has 0 aliphatic rings. The zero-order chi connectivity index (χ0) is 18.3. The highest BCUT2D eigenvalue weighted by Gasteiger charge is 2.15. The van der Waals surface area contributed by atoms with Gasteiger partial charge in [-0.05, 0) is 37.3 Å². The van der Waals surface area contributed by atoms with Crippen molar-refractivity contribution >= 4 is 38.3 Å². The number of anilines is 1. The van der Waals surface area contributed by atoms with Crippen molar-refractivity contribution in [3.63, 3.8) is 0 Å². The first kappa shape index (κ1) is 16.8. The Kier molecular flexibility index (Phi) is 4.28. The van der Waals surface area contributed by atoms with Gasteiger partial charge in [0.1, 0.15) is 11.6 Å². The molecular weight excluding hydrogens is 392 g/mol. The largest absolute Gasteiger partial charge is 0.496 e. The van der Waals surface area contributed by atoms with Crippen LogP contribution in [0.25, 0.3) is 16.6 Å². The lowest BCUT2D eigenvalue weighted by Gasteiger charge is -2.22. The maximum Gasteiger partial charge on any atom is 0.158 e. The van der Waals surface area contributed by atoms with E-state index in [1.165, 1.54) is 0 Å². The fraction of sp³-hybridized carbons (Fsp3) is 0.200. The van der Waals surface area contributed by atoms with Gasteiger partial charge >= 0.3 is 0 Å². The van der Waals surface area contributed by atoms with Crippen LogP contribution in [0.2, 0.25) is 0 Å². The summed E-state index contributed by atoms with van der Waals surface area (Å²) in [6.45, 7) is 2.67. The Morgan fingerprint density at radius 2 is 1.96 bits per heavy atom. The molecule has 0 N–H and O–H groups in total. The van der Waals surface area contributed by atoms with Gasteiger partial charge in [0.25, 0.3) is 0 Å². The van der Waals surface area contributed by atoms with Crippen LogP contribution in [0.5, 0.6) is 5.75 Å². The maximum absolute atomic E-state index is 5.52. The molecule has 5 nitrogen and oxygen atoms in total. The molecule has 2 aromatic carbocycles. The first-order valence-electron chi connectivity index (χ1n) is 8.35. The van der Waals surface area contributed by atoms with Gasteiger partial charge in [0.2, 0.25) is 0 Å². The molecule has 0 saturated carbocycles. The molecule has 2 aromatic heterocycles. The summed E-state index contributed by atoms with van der Waals surface area (Å²) in [7, 11) is 3.75. The summed E-state index contributed by atoms with van der Waals surface area (Å²) < 4.78 is 8.45. The molecule has 0 saturated heterocycles. The summed E-state index contributed by atoms with van der Waals surface area (Å²) in [5.41, 5.74) is 3.95. The Morgan fingerprint density at radius 3 is 2.77 bits per heavy atom. The van der Waals surface area contributed by atoms with E-state index in [0.717, 1.165) is 43.8 Å². The fourth-order valence-corrected chi connectivity index (χ4v) is 3.66. The number of aryl methyl sites for hydroxylation is 1. The van der Waals surface area contributed by atoms with Gasteiger partial charge in [-0.3, -0.25) is 0 Å². The van der Waals surface area contributed by atoms with E-state index in [-0.39, 0.29) is 0 Å². The highest BCUT2D eigenvalue weighted by atomic mass is 79.9. The monoisotopic (exact) mass is 410 g/mol. The zero-order valence-electron chi connectivity index (χ0n) is 14.9. The van der Waals surface area contributed by atoms with Gasteiger partial charge in [0.15, 0.2) is 5.65 Å². The second-order valence-corrected chi connectivity index (χ2v) is 7.24. The number of halogens is 1. The number of benzene rings is 2. The first-order valence-corrected chi connectivity index (χ1v) is 9.15. The fourth-order valence-electron chi connectivity index (χ4n) is 3.25. The van der Waals surface area contributed by atoms with Crippen molar-refractivity contribution in [3.05, 3.63) is 64.3 Å². The third-order valence-electron chi connectivity index (χ3n) is 4.42. The van der Waals surface area contributed by atoms with Gasteiger partial charge in [-0.25, -0.2) is 9.50 Å². The molecule has 0 bridgehead atoms. The highest BCUT2D eigenvalue weighted by Crippen LogP contribution is 2.29. The molecule has 4 aromatic rings. The van der Waals surface area contributed by atoms with Crippen LogP contribution in [-0.4, -0.2) is 28.8 Å². The quantitative estimate of drug-likeness (QED) is 0.493. The van der Waals surface area contributed by atoms with Crippen molar-refractivity contribution in [2.45, 2.75) is 13.5 Å². The van der Waals surface area contributed by atoms with E-state index >= 15 is 0 Å². The molecule has 0 fully saturated rings. The van der Waals surface area contributed by atoms with Crippen molar-refractivity contribution in [2.24, 2.45) is 0 Å². The lowest BCUT2D eigenvalue weighted by molar-refractivity contribution is 0.409. The molecule has 2 heterocycles. The number of fused-ring (bicyclic) bond motifs is 3. The smallest absolute Gasteiger partial charge is 0.158 e. The second kappa shape index (κ2) is 6.61. The first-order chi connectivity index (χ1) is 12.6. The molecule has 4 rings (SSSR count). The Morgan fingerprint density at radius 1 is 1.15 bits per heavy atom. The third-order valence-corrected chi connectivity index (χ3v) is 4.91. The molecule has 6 heteroatoms. The number of rotatable bonds is 4. The summed E-state index contributed by atoms with van der Waals surface area (Å²) in [5, 5.41) is 5.64. The van der Waals surface area contributed by atoms with Gasteiger partial charge in [-0.1, -0.05) is 28.1 Å². The molecular formula is C20H19BrN4O. The summed E-state index contributed by atoms with van der Waals surface area (Å²) in [4.78, 5) is 7.02. The van der Waals surface area contributed by atoms with Crippen LogP contribution in [0.3, 0.4) is 0 Å². The highest BCUT2D eigenvalue weighted by molar-refractivity contribution is 9.10. The van der Waals surface area contributed by atoms with Gasteiger partial charge in [-0.2, -0.15) is 5.10 Å². The molecule has 0 atom stereocenters. The molecule has 0 unspecified atom stereocenters. The van der Waals surface area contributed by atoms with E-state index in [4.69, 9.17) is 9.72 Å². The number of methoxy groups -OCH3 is 1. The number of ether oxygens (including phenoxy) is 1. The van der Waals surface area contributed by atoms with Gasteiger partial charge in [-0.15, -0.1) is 0 Å². The molecule has 0 aliphatic heterocycles. The lowest BCUT2D eigenvalue weighted by atomic mass is 10.1. The second-order valence-electron chi connectivity index (χ2n) is 6.32. The molecule has 0 aliphatic carbocycles. The molecule has 0 amide bonds. The normalized spacial score (nSPS) is 11.2. The maximum atomic E-state index is 5.52. The van der Waals surface area contributed by atoms with Crippen molar-refractivity contribution in [1.82, 2.24) is 14.6 Å². The van der Waals surface area contributed by atoms with Gasteiger partial charge in [0.05, 0.1) is 18.3 Å². The average molecular weight is 411 g/mol. The Bertz CT molecular complexity index is 1110. The Hall–Kier alpha value is -2.60. The lowest BCUT2D eigenvalue weighted by Crippen LogP contribution is -2.19. The minimum absolute atomic E-state index is 0.683. The van der Waals surface area contributed by atoms with Crippen molar-refractivity contribution in [3.8, 4) is 5.75 Å². The number of aromatic nitrogens is 3. The number of para-hydroxylation sites is 1. The van der Waals surface area contributed by atoms with Crippen LogP contribution in [-0.2, 0) is 6.54 Å². The van der Waals surface area contributed by atoms with Gasteiger partial charge < -0.3 is 9.64 Å². The van der Waals surface area contributed by atoms with Crippen LogP contribution < -0.4 is 9.64 Å². The van der Waals surface area contributed by atoms with Crippen molar-refractivity contribution in [1.29, 1.82) is 0 Å². The standard InChI is InChI=1S/C20H19BrN4O/c1-13-10-19-22-20(16-6-4-5-7-17(16)25(19)23-13)24(2)12-14-11-15(21)8-9-18(14)26-3/h4-11H,12H2,1-3H3. The zero-order valence-corrected chi connectivity index (χ0v) is 16.5. The van der Waals surface area contributed by atoms with Crippen molar-refractivity contribution < 1.29 is 4.74 Å². The Balaban J connectivity index is 1.84. The van der Waals surface area contributed by atoms with Crippen molar-refractivity contribution in [2.75, 3.05) is 19.1 Å². The summed E-state index contributed by atoms with van der Waals surface area (Å²) in [5.74, 6) is 1.79. The van der Waals surface area contributed by atoms with E-state index in [9.17, 15) is 0 Å². The Labute approximate surface area is 160 Å². The van der Waals surface area contributed by atoms with E-state index in [0.29, 0.717) is 6.54 Å². The predicted molar refractivity (Wildman–Crippen MR) is 108 cm³/mol. The SMILES string of the molecule is COc1ccc(Br)cc1CN(C)c1nc2cc(C)nn2c2ccccc12. The summed E-state index contributed by atoms with van der Waals surface area (Å²) in [6.07, 6.45) is 0. The number of nitrogens with zero attached hydrogens (tertiary/aromatic N) is 4. The van der Waals surface area contributed by atoms with E-state index in [1.54, 1.807) is 7.11 Å². The van der Waals surface area contributed by atoms with Crippen LogP contribution >= 0.6 is 15.9 Å². The van der Waals surface area contributed by atoms with E-state index in [1.807, 2.05) is 41.8 Å². The number of hydrogen-bond donors (Lipinski definition) is 0. The molecule has 0 radical (unpaired) electrons. The average Bonchev–Trinajstić information content (AvgIpc) is 3.01. The minimum atomic E-state index is 0.683. The predicted octanol–water partition coefficient (Wildman–Crippen LogP) is 4.60. The third kappa shape index (κ3) is 2.90. The summed E-state index contributed by atoms with van der Waals surface area (Å²) >= 11 is 3.55. The molecule has 0 spiro atoms. The topological polar surface area (TPSA) is 42.7 Å². The van der Waals surface area contributed by atoms with Crippen LogP contribution in [0.1, 0.15) is 11.3 Å². The minimum Gasteiger partial charge on any atom is -0.496 e. The van der Waals surface area contributed by atoms with Gasteiger partial charge in [0, 0.05) is 35.1 Å². The number of hydrogen-bond acceptors (Lipinski definition) is 4. The summed E-state index contributed by atoms with van der Waals surface area (Å²) in [6, 6.07) is 16.3. The molecule has 132 valence electrons. The van der Waals surface area contributed by atoms with E-state index < -0.39 is 0 Å². The molecule has 26 heavy (non-hydrogen) atoms. The van der Waals surface area contributed by atoms with Crippen LogP contribution in [0.4, 0.5) is 5.82 Å².